The first-order valence-electron chi connectivity index (χ1n) is 4.63. The number of amides is 1. The van der Waals surface area contributed by atoms with Crippen molar-refractivity contribution < 1.29 is 18.7 Å². The zero-order valence-corrected chi connectivity index (χ0v) is 8.67. The first-order valence-corrected chi connectivity index (χ1v) is 4.63. The fourth-order valence-electron chi connectivity index (χ4n) is 1.04. The predicted molar refractivity (Wildman–Crippen MR) is 55.1 cm³/mol. The summed E-state index contributed by atoms with van der Waals surface area (Å²) in [6.07, 6.45) is 0. The van der Waals surface area contributed by atoms with Gasteiger partial charge in [-0.2, -0.15) is 0 Å². The van der Waals surface area contributed by atoms with E-state index in [-0.39, 0.29) is 5.56 Å². The molecule has 1 amide bonds. The van der Waals surface area contributed by atoms with Crippen LogP contribution in [0.2, 0.25) is 0 Å². The van der Waals surface area contributed by atoms with E-state index in [1.54, 1.807) is 0 Å². The first-order chi connectivity index (χ1) is 7.84. The first kappa shape index (κ1) is 13.1. The lowest BCUT2D eigenvalue weighted by molar-refractivity contribution is 0.0118. The van der Waals surface area contributed by atoms with Crippen LogP contribution in [-0.2, 0) is 0 Å². The highest BCUT2D eigenvalue weighted by Crippen LogP contribution is 2.09. The van der Waals surface area contributed by atoms with E-state index in [0.29, 0.717) is 0 Å². The zero-order valence-electron chi connectivity index (χ0n) is 8.67. The van der Waals surface area contributed by atoms with Crippen LogP contribution in [-0.4, -0.2) is 35.0 Å². The highest BCUT2D eigenvalue weighted by atomic mass is 19.3. The average molecular weight is 247 g/mol. The number of pyridine rings is 1. The minimum absolute atomic E-state index is 0.209. The van der Waals surface area contributed by atoms with Crippen molar-refractivity contribution in [2.24, 2.45) is 5.73 Å². The standard InChI is InChI=1S/C9H11F2N3O3/c10-9(11,3-12)4-13-8(17)5-1-6(15)14-7(16)2-5/h1-2H,3-4,12H2,(H,13,17)(H2,14,15,16). The molecule has 94 valence electrons. The van der Waals surface area contributed by atoms with Crippen molar-refractivity contribution in [3.63, 3.8) is 0 Å². The number of carbonyl (C=O) groups excluding carboxylic acids is 1. The van der Waals surface area contributed by atoms with Crippen LogP contribution >= 0.6 is 0 Å². The fraction of sp³-hybridized carbons (Fsp3) is 0.333. The van der Waals surface area contributed by atoms with E-state index in [9.17, 15) is 18.4 Å². The van der Waals surface area contributed by atoms with Crippen molar-refractivity contribution >= 4 is 5.91 Å². The Hall–Kier alpha value is -1.96. The Morgan fingerprint density at radius 2 is 2.18 bits per heavy atom. The topological polar surface area (TPSA) is 108 Å². The predicted octanol–water partition coefficient (Wildman–Crippen LogP) is -0.596. The molecule has 0 atom stereocenters. The van der Waals surface area contributed by atoms with Crippen molar-refractivity contribution in [3.8, 4) is 5.88 Å². The molecule has 6 nitrogen and oxygen atoms in total. The van der Waals surface area contributed by atoms with Crippen molar-refractivity contribution in [2.45, 2.75) is 5.92 Å². The van der Waals surface area contributed by atoms with Gasteiger partial charge in [-0.3, -0.25) is 14.6 Å². The summed E-state index contributed by atoms with van der Waals surface area (Å²) in [5.74, 6) is -4.62. The van der Waals surface area contributed by atoms with Crippen molar-refractivity contribution in [1.82, 2.24) is 10.3 Å². The molecule has 1 aromatic rings. The van der Waals surface area contributed by atoms with Crippen LogP contribution in [0.25, 0.3) is 0 Å². The van der Waals surface area contributed by atoms with E-state index in [1.165, 1.54) is 0 Å². The third kappa shape index (κ3) is 3.83. The van der Waals surface area contributed by atoms with Gasteiger partial charge in [0.1, 0.15) is 0 Å². The van der Waals surface area contributed by atoms with E-state index < -0.39 is 36.4 Å². The van der Waals surface area contributed by atoms with E-state index in [0.717, 1.165) is 12.1 Å². The van der Waals surface area contributed by atoms with Gasteiger partial charge in [-0.15, -0.1) is 0 Å². The maximum Gasteiger partial charge on any atom is 0.277 e. The van der Waals surface area contributed by atoms with Crippen molar-refractivity contribution in [2.75, 3.05) is 13.1 Å². The number of hydrogen-bond donors (Lipinski definition) is 4. The van der Waals surface area contributed by atoms with Crippen molar-refractivity contribution in [3.05, 3.63) is 28.0 Å². The monoisotopic (exact) mass is 247 g/mol. The van der Waals surface area contributed by atoms with Crippen LogP contribution in [0.1, 0.15) is 10.4 Å². The molecular weight excluding hydrogens is 236 g/mol. The molecule has 0 saturated carbocycles. The smallest absolute Gasteiger partial charge is 0.277 e. The van der Waals surface area contributed by atoms with Crippen LogP contribution in [0, 0.1) is 0 Å². The SMILES string of the molecule is NCC(F)(F)CNC(=O)c1cc(O)[nH]c(=O)c1. The number of aromatic amines is 1. The quantitative estimate of drug-likeness (QED) is 0.570. The number of H-pyrrole nitrogens is 1. The van der Waals surface area contributed by atoms with Gasteiger partial charge in [0.2, 0.25) is 0 Å². The molecule has 5 N–H and O–H groups in total. The minimum atomic E-state index is -3.21. The Morgan fingerprint density at radius 1 is 1.53 bits per heavy atom. The van der Waals surface area contributed by atoms with E-state index in [1.807, 2.05) is 10.3 Å². The number of aromatic nitrogens is 1. The summed E-state index contributed by atoms with van der Waals surface area (Å²) in [5, 5.41) is 10.9. The lowest BCUT2D eigenvalue weighted by Gasteiger charge is -2.14. The summed E-state index contributed by atoms with van der Waals surface area (Å²) in [7, 11) is 0. The molecule has 1 aromatic heterocycles. The van der Waals surface area contributed by atoms with Gasteiger partial charge < -0.3 is 16.2 Å². The van der Waals surface area contributed by atoms with Crippen LogP contribution in [0.3, 0.4) is 0 Å². The molecular formula is C9H11F2N3O3. The molecule has 1 heterocycles. The van der Waals surface area contributed by atoms with Crippen molar-refractivity contribution in [1.29, 1.82) is 0 Å². The number of alkyl halides is 2. The number of halogens is 2. The zero-order chi connectivity index (χ0) is 13.1. The molecule has 0 radical (unpaired) electrons. The number of nitrogens with one attached hydrogen (secondary N) is 2. The molecule has 0 spiro atoms. The Morgan fingerprint density at radius 3 is 2.71 bits per heavy atom. The van der Waals surface area contributed by atoms with E-state index >= 15 is 0 Å². The van der Waals surface area contributed by atoms with Gasteiger partial charge in [0.05, 0.1) is 18.7 Å². The molecule has 0 fully saturated rings. The second-order valence-corrected chi connectivity index (χ2v) is 3.36. The second kappa shape index (κ2) is 4.91. The van der Waals surface area contributed by atoms with Gasteiger partial charge in [-0.1, -0.05) is 0 Å². The molecule has 0 aliphatic rings. The molecule has 0 bridgehead atoms. The number of nitrogens with two attached hydrogens (primary N) is 1. The lowest BCUT2D eigenvalue weighted by Crippen LogP contribution is -2.41. The van der Waals surface area contributed by atoms with Crippen LogP contribution < -0.4 is 16.6 Å². The average Bonchev–Trinajstić information content (AvgIpc) is 2.24. The Labute approximate surface area is 94.4 Å². The Balaban J connectivity index is 2.74. The lowest BCUT2D eigenvalue weighted by atomic mass is 10.2. The molecule has 0 saturated heterocycles. The summed E-state index contributed by atoms with van der Waals surface area (Å²) in [5.41, 5.74) is 3.87. The normalized spacial score (nSPS) is 11.2. The molecule has 0 aliphatic heterocycles. The second-order valence-electron chi connectivity index (χ2n) is 3.36. The van der Waals surface area contributed by atoms with Crippen LogP contribution in [0.4, 0.5) is 8.78 Å². The molecule has 0 aromatic carbocycles. The number of aromatic hydroxyl groups is 1. The van der Waals surface area contributed by atoms with Crippen LogP contribution in [0.5, 0.6) is 5.88 Å². The highest BCUT2D eigenvalue weighted by Gasteiger charge is 2.27. The molecule has 17 heavy (non-hydrogen) atoms. The van der Waals surface area contributed by atoms with Gasteiger partial charge in [-0.05, 0) is 0 Å². The summed E-state index contributed by atoms with van der Waals surface area (Å²) in [4.78, 5) is 24.3. The summed E-state index contributed by atoms with van der Waals surface area (Å²) < 4.78 is 25.5. The van der Waals surface area contributed by atoms with Gasteiger partial charge in [0.25, 0.3) is 17.4 Å². The van der Waals surface area contributed by atoms with Gasteiger partial charge in [0, 0.05) is 12.1 Å². The molecule has 0 aliphatic carbocycles. The van der Waals surface area contributed by atoms with E-state index in [4.69, 9.17) is 10.8 Å². The maximum atomic E-state index is 12.7. The largest absolute Gasteiger partial charge is 0.494 e. The molecule has 0 unspecified atom stereocenters. The minimum Gasteiger partial charge on any atom is -0.494 e. The van der Waals surface area contributed by atoms with Gasteiger partial charge >= 0.3 is 0 Å². The number of carbonyl (C=O) groups is 1. The highest BCUT2D eigenvalue weighted by molar-refractivity contribution is 5.94. The van der Waals surface area contributed by atoms with Gasteiger partial charge in [0.15, 0.2) is 5.88 Å². The van der Waals surface area contributed by atoms with Crippen LogP contribution in [0.15, 0.2) is 16.9 Å². The summed E-state index contributed by atoms with van der Waals surface area (Å²) in [6, 6.07) is 1.84. The number of rotatable bonds is 4. The molecule has 8 heteroatoms. The fourth-order valence-corrected chi connectivity index (χ4v) is 1.04. The summed E-state index contributed by atoms with van der Waals surface area (Å²) in [6.45, 7) is -1.83. The number of hydrogen-bond acceptors (Lipinski definition) is 4. The van der Waals surface area contributed by atoms with E-state index in [2.05, 4.69) is 0 Å². The summed E-state index contributed by atoms with van der Waals surface area (Å²) >= 11 is 0. The molecule has 1 rings (SSSR count). The third-order valence-electron chi connectivity index (χ3n) is 1.90. The Bertz CT molecular complexity index is 473. The Kier molecular flexibility index (Phi) is 3.79. The maximum absolute atomic E-state index is 12.7. The third-order valence-corrected chi connectivity index (χ3v) is 1.90. The van der Waals surface area contributed by atoms with Gasteiger partial charge in [-0.25, -0.2) is 8.78 Å².